The summed E-state index contributed by atoms with van der Waals surface area (Å²) in [6.45, 7) is 0.928. The molecule has 0 bridgehead atoms. The summed E-state index contributed by atoms with van der Waals surface area (Å²) in [5.41, 5.74) is 1.31. The van der Waals surface area contributed by atoms with Crippen LogP contribution in [0.1, 0.15) is 18.7 Å². The Morgan fingerprint density at radius 1 is 1.58 bits per heavy atom. The lowest BCUT2D eigenvalue weighted by Crippen LogP contribution is -2.33. The number of aromatic nitrogens is 2. The van der Waals surface area contributed by atoms with Crippen LogP contribution in [0.5, 0.6) is 0 Å². The molecule has 2 N–H and O–H groups in total. The third kappa shape index (κ3) is 2.58. The second-order valence-electron chi connectivity index (χ2n) is 4.56. The van der Waals surface area contributed by atoms with Crippen LogP contribution in [0.25, 0.3) is 11.0 Å². The number of aromatic amines is 1. The number of halogens is 1. The number of hydrogen-bond donors (Lipinski definition) is 2. The number of ether oxygens (including phenoxy) is 1. The molecule has 0 saturated carbocycles. The summed E-state index contributed by atoms with van der Waals surface area (Å²) in [6.07, 6.45) is 1.33. The Hall–Kier alpha value is -1.95. The van der Waals surface area contributed by atoms with Crippen LogP contribution >= 0.6 is 0 Å². The Morgan fingerprint density at radius 2 is 2.47 bits per heavy atom. The van der Waals surface area contributed by atoms with Gasteiger partial charge in [0.25, 0.3) is 0 Å². The topological polar surface area (TPSA) is 67.0 Å². The maximum Gasteiger partial charge on any atom is 0.249 e. The number of imidazole rings is 1. The number of hydrogen-bond acceptors (Lipinski definition) is 3. The van der Waals surface area contributed by atoms with E-state index in [4.69, 9.17) is 4.74 Å². The molecular formula is C13H14FN3O2. The Morgan fingerprint density at radius 3 is 3.26 bits per heavy atom. The predicted octanol–water partition coefficient (Wildman–Crippen LogP) is 1.50. The Balaban J connectivity index is 1.66. The molecule has 5 nitrogen and oxygen atoms in total. The van der Waals surface area contributed by atoms with Gasteiger partial charge in [-0.15, -0.1) is 0 Å². The smallest absolute Gasteiger partial charge is 0.249 e. The standard InChI is InChI=1S/C13H14FN3O2/c14-8-3-4-9-10(6-8)17-12(16-9)7-15-13(18)11-2-1-5-19-11/h3-4,6,11H,1-2,5,7H2,(H,15,18)(H,16,17)/t11-/m0/s1. The minimum absolute atomic E-state index is 0.121. The summed E-state index contributed by atoms with van der Waals surface area (Å²) in [5.74, 6) is 0.169. The molecule has 1 fully saturated rings. The molecule has 1 aromatic carbocycles. The zero-order chi connectivity index (χ0) is 13.2. The second kappa shape index (κ2) is 4.97. The van der Waals surface area contributed by atoms with E-state index in [0.29, 0.717) is 23.5 Å². The summed E-state index contributed by atoms with van der Waals surface area (Å²) < 4.78 is 18.3. The maximum atomic E-state index is 13.0. The van der Waals surface area contributed by atoms with Gasteiger partial charge in [-0.3, -0.25) is 4.79 Å². The van der Waals surface area contributed by atoms with E-state index in [0.717, 1.165) is 12.8 Å². The average Bonchev–Trinajstić information content (AvgIpc) is 3.04. The lowest BCUT2D eigenvalue weighted by atomic mass is 10.2. The van der Waals surface area contributed by atoms with E-state index >= 15 is 0 Å². The van der Waals surface area contributed by atoms with Crippen molar-refractivity contribution in [1.29, 1.82) is 0 Å². The molecule has 2 aromatic rings. The number of carbonyl (C=O) groups excluding carboxylic acids is 1. The fraction of sp³-hybridized carbons (Fsp3) is 0.385. The van der Waals surface area contributed by atoms with E-state index in [1.54, 1.807) is 6.07 Å². The molecule has 0 radical (unpaired) electrons. The number of nitrogens with zero attached hydrogens (tertiary/aromatic N) is 1. The van der Waals surface area contributed by atoms with E-state index in [1.165, 1.54) is 12.1 Å². The van der Waals surface area contributed by atoms with Crippen LogP contribution in [0.4, 0.5) is 4.39 Å². The largest absolute Gasteiger partial charge is 0.368 e. The molecule has 0 spiro atoms. The highest BCUT2D eigenvalue weighted by atomic mass is 19.1. The fourth-order valence-electron chi connectivity index (χ4n) is 2.19. The normalized spacial score (nSPS) is 18.9. The molecule has 19 heavy (non-hydrogen) atoms. The summed E-state index contributed by atoms with van der Waals surface area (Å²) in [6, 6.07) is 4.35. The molecule has 0 aliphatic carbocycles. The van der Waals surface area contributed by atoms with E-state index in [2.05, 4.69) is 15.3 Å². The van der Waals surface area contributed by atoms with E-state index in [1.807, 2.05) is 0 Å². The summed E-state index contributed by atoms with van der Waals surface area (Å²) >= 11 is 0. The van der Waals surface area contributed by atoms with Gasteiger partial charge in [0.1, 0.15) is 17.7 Å². The monoisotopic (exact) mass is 263 g/mol. The quantitative estimate of drug-likeness (QED) is 0.881. The van der Waals surface area contributed by atoms with Crippen molar-refractivity contribution < 1.29 is 13.9 Å². The Kier molecular flexibility index (Phi) is 3.16. The van der Waals surface area contributed by atoms with E-state index < -0.39 is 0 Å². The van der Waals surface area contributed by atoms with Gasteiger partial charge < -0.3 is 15.0 Å². The molecule has 1 aromatic heterocycles. The van der Waals surface area contributed by atoms with Gasteiger partial charge in [-0.2, -0.15) is 0 Å². The third-order valence-corrected chi connectivity index (χ3v) is 3.15. The maximum absolute atomic E-state index is 13.0. The molecule has 1 aliphatic rings. The third-order valence-electron chi connectivity index (χ3n) is 3.15. The summed E-state index contributed by atoms with van der Waals surface area (Å²) in [4.78, 5) is 19.0. The zero-order valence-corrected chi connectivity index (χ0v) is 10.3. The molecule has 1 amide bonds. The number of rotatable bonds is 3. The van der Waals surface area contributed by atoms with Crippen LogP contribution in [-0.4, -0.2) is 28.6 Å². The van der Waals surface area contributed by atoms with E-state index in [-0.39, 0.29) is 24.4 Å². The van der Waals surface area contributed by atoms with Gasteiger partial charge in [-0.25, -0.2) is 9.37 Å². The van der Waals surface area contributed by atoms with Crippen molar-refractivity contribution >= 4 is 16.9 Å². The first-order valence-electron chi connectivity index (χ1n) is 6.26. The molecule has 2 heterocycles. The van der Waals surface area contributed by atoms with Crippen LogP contribution in [0, 0.1) is 5.82 Å². The van der Waals surface area contributed by atoms with Crippen LogP contribution in [0.15, 0.2) is 18.2 Å². The van der Waals surface area contributed by atoms with Crippen molar-refractivity contribution in [2.45, 2.75) is 25.5 Å². The van der Waals surface area contributed by atoms with E-state index in [9.17, 15) is 9.18 Å². The first-order chi connectivity index (χ1) is 9.22. The van der Waals surface area contributed by atoms with Gasteiger partial charge in [-0.1, -0.05) is 0 Å². The Labute approximate surface area is 109 Å². The number of benzene rings is 1. The SMILES string of the molecule is O=C(NCc1nc2ccc(F)cc2[nH]1)[C@@H]1CCCO1. The van der Waals surface area contributed by atoms with Crippen molar-refractivity contribution in [3.05, 3.63) is 29.8 Å². The minimum atomic E-state index is -0.346. The minimum Gasteiger partial charge on any atom is -0.368 e. The lowest BCUT2D eigenvalue weighted by Gasteiger charge is -2.08. The predicted molar refractivity (Wildman–Crippen MR) is 66.9 cm³/mol. The second-order valence-corrected chi connectivity index (χ2v) is 4.56. The molecule has 1 aliphatic heterocycles. The average molecular weight is 263 g/mol. The highest BCUT2D eigenvalue weighted by Crippen LogP contribution is 2.14. The molecule has 1 atom stereocenters. The van der Waals surface area contributed by atoms with Crippen molar-refractivity contribution in [1.82, 2.24) is 15.3 Å². The fourth-order valence-corrected chi connectivity index (χ4v) is 2.19. The molecule has 100 valence electrons. The highest BCUT2D eigenvalue weighted by Gasteiger charge is 2.23. The summed E-state index contributed by atoms with van der Waals surface area (Å²) in [5, 5.41) is 2.77. The molecule has 3 rings (SSSR count). The van der Waals surface area contributed by atoms with Crippen LogP contribution in [-0.2, 0) is 16.1 Å². The first-order valence-corrected chi connectivity index (χ1v) is 6.26. The number of H-pyrrole nitrogens is 1. The number of carbonyl (C=O) groups is 1. The van der Waals surface area contributed by atoms with Gasteiger partial charge >= 0.3 is 0 Å². The number of fused-ring (bicyclic) bond motifs is 1. The van der Waals surface area contributed by atoms with Gasteiger partial charge in [-0.05, 0) is 31.0 Å². The van der Waals surface area contributed by atoms with Crippen LogP contribution < -0.4 is 5.32 Å². The van der Waals surface area contributed by atoms with Gasteiger partial charge in [0.05, 0.1) is 17.6 Å². The molecule has 6 heteroatoms. The summed E-state index contributed by atoms with van der Waals surface area (Å²) in [7, 11) is 0. The molecule has 0 unspecified atom stereocenters. The lowest BCUT2D eigenvalue weighted by molar-refractivity contribution is -0.130. The van der Waals surface area contributed by atoms with Gasteiger partial charge in [0, 0.05) is 6.61 Å². The molecule has 1 saturated heterocycles. The van der Waals surface area contributed by atoms with Crippen molar-refractivity contribution in [3.8, 4) is 0 Å². The van der Waals surface area contributed by atoms with Crippen molar-refractivity contribution in [2.75, 3.05) is 6.61 Å². The van der Waals surface area contributed by atoms with Crippen molar-refractivity contribution in [2.24, 2.45) is 0 Å². The molecular weight excluding hydrogens is 249 g/mol. The Bertz CT molecular complexity index is 605. The first kappa shape index (κ1) is 12.1. The zero-order valence-electron chi connectivity index (χ0n) is 10.3. The number of nitrogens with one attached hydrogen (secondary N) is 2. The highest BCUT2D eigenvalue weighted by molar-refractivity contribution is 5.81. The van der Waals surface area contributed by atoms with Crippen LogP contribution in [0.3, 0.4) is 0 Å². The van der Waals surface area contributed by atoms with Gasteiger partial charge in [0.15, 0.2) is 0 Å². The number of amides is 1. The van der Waals surface area contributed by atoms with Crippen molar-refractivity contribution in [3.63, 3.8) is 0 Å². The van der Waals surface area contributed by atoms with Gasteiger partial charge in [0.2, 0.25) is 5.91 Å². The van der Waals surface area contributed by atoms with Crippen LogP contribution in [0.2, 0.25) is 0 Å².